The molecule has 4 nitrogen and oxygen atoms in total. The topological polar surface area (TPSA) is 63.2 Å². The third kappa shape index (κ3) is 3.75. The van der Waals surface area contributed by atoms with Crippen LogP contribution < -0.4 is 4.72 Å². The van der Waals surface area contributed by atoms with Crippen molar-refractivity contribution in [1.29, 1.82) is 0 Å². The molecule has 0 atom stereocenters. The first-order valence-corrected chi connectivity index (χ1v) is 8.12. The number of hydrogen-bond acceptors (Lipinski definition) is 3. The van der Waals surface area contributed by atoms with E-state index in [1.807, 2.05) is 0 Å². The summed E-state index contributed by atoms with van der Waals surface area (Å²) in [7, 11) is -3.89. The summed E-state index contributed by atoms with van der Waals surface area (Å²) in [6.45, 7) is 1.40. The van der Waals surface area contributed by atoms with Gasteiger partial charge in [0, 0.05) is 16.3 Å². The van der Waals surface area contributed by atoms with Gasteiger partial charge in [-0.1, -0.05) is 35.3 Å². The Bertz CT molecular complexity index is 804. The normalized spacial score (nSPS) is 11.2. The van der Waals surface area contributed by atoms with Crippen LogP contribution in [0.5, 0.6) is 0 Å². The lowest BCUT2D eigenvalue weighted by Crippen LogP contribution is -2.13. The fourth-order valence-electron chi connectivity index (χ4n) is 1.69. The maximum Gasteiger partial charge on any atom is 0.263 e. The second kappa shape index (κ2) is 6.05. The van der Waals surface area contributed by atoms with E-state index < -0.39 is 10.0 Å². The van der Waals surface area contributed by atoms with Crippen molar-refractivity contribution in [2.45, 2.75) is 11.8 Å². The minimum atomic E-state index is -3.89. The fourth-order valence-corrected chi connectivity index (χ4v) is 3.51. The molecule has 0 radical (unpaired) electrons. The molecule has 0 saturated heterocycles. The van der Waals surface area contributed by atoms with Crippen molar-refractivity contribution in [3.63, 3.8) is 0 Å². The molecule has 0 amide bonds. The summed E-state index contributed by atoms with van der Waals surface area (Å²) in [5.74, 6) is -0.156. The molecule has 110 valence electrons. The van der Waals surface area contributed by atoms with Crippen LogP contribution in [0.4, 0.5) is 5.69 Å². The number of Topliss-reactive ketones (excluding diaryl/α,β-unsaturated/α-hetero) is 1. The zero-order valence-electron chi connectivity index (χ0n) is 10.9. The van der Waals surface area contributed by atoms with Gasteiger partial charge in [-0.25, -0.2) is 8.42 Å². The molecule has 2 aromatic rings. The van der Waals surface area contributed by atoms with E-state index in [-0.39, 0.29) is 26.4 Å². The van der Waals surface area contributed by atoms with Crippen molar-refractivity contribution in [1.82, 2.24) is 0 Å². The van der Waals surface area contributed by atoms with E-state index in [0.29, 0.717) is 5.56 Å². The smallest absolute Gasteiger partial charge is 0.263 e. The van der Waals surface area contributed by atoms with E-state index in [9.17, 15) is 13.2 Å². The predicted octanol–water partition coefficient (Wildman–Crippen LogP) is 4.00. The number of benzene rings is 2. The van der Waals surface area contributed by atoms with E-state index in [4.69, 9.17) is 23.2 Å². The summed E-state index contributed by atoms with van der Waals surface area (Å²) in [5, 5.41) is 0.326. The number of halogens is 2. The van der Waals surface area contributed by atoms with Crippen LogP contribution in [-0.2, 0) is 10.0 Å². The molecule has 2 aromatic carbocycles. The van der Waals surface area contributed by atoms with Gasteiger partial charge in [-0.2, -0.15) is 0 Å². The van der Waals surface area contributed by atoms with E-state index in [2.05, 4.69) is 4.72 Å². The average molecular weight is 344 g/mol. The van der Waals surface area contributed by atoms with Gasteiger partial charge in [0.05, 0.1) is 5.02 Å². The van der Waals surface area contributed by atoms with E-state index in [1.165, 1.54) is 31.2 Å². The molecule has 0 saturated carbocycles. The van der Waals surface area contributed by atoms with Gasteiger partial charge in [-0.05, 0) is 37.3 Å². The number of carbonyl (C=O) groups excluding carboxylic acids is 1. The summed E-state index contributed by atoms with van der Waals surface area (Å²) in [4.78, 5) is 11.2. The highest BCUT2D eigenvalue weighted by molar-refractivity contribution is 7.92. The SMILES string of the molecule is CC(=O)c1cccc(NS(=O)(=O)c2cc(Cl)ccc2Cl)c1. The molecule has 0 bridgehead atoms. The zero-order valence-corrected chi connectivity index (χ0v) is 13.3. The van der Waals surface area contributed by atoms with Crippen LogP contribution in [0.3, 0.4) is 0 Å². The van der Waals surface area contributed by atoms with Crippen LogP contribution in [0.25, 0.3) is 0 Å². The van der Waals surface area contributed by atoms with Crippen molar-refractivity contribution in [2.24, 2.45) is 0 Å². The van der Waals surface area contributed by atoms with Crippen LogP contribution in [0.1, 0.15) is 17.3 Å². The number of ketones is 1. The first kappa shape index (κ1) is 15.8. The van der Waals surface area contributed by atoms with Gasteiger partial charge >= 0.3 is 0 Å². The molecule has 0 aliphatic heterocycles. The maximum atomic E-state index is 12.3. The van der Waals surface area contributed by atoms with Gasteiger partial charge < -0.3 is 0 Å². The largest absolute Gasteiger partial charge is 0.295 e. The number of hydrogen-bond donors (Lipinski definition) is 1. The third-order valence-electron chi connectivity index (χ3n) is 2.70. The van der Waals surface area contributed by atoms with E-state index >= 15 is 0 Å². The average Bonchev–Trinajstić information content (AvgIpc) is 2.41. The molecule has 0 heterocycles. The lowest BCUT2D eigenvalue weighted by atomic mass is 10.1. The Labute approximate surface area is 132 Å². The minimum absolute atomic E-state index is 0.0645. The number of anilines is 1. The van der Waals surface area contributed by atoms with Gasteiger partial charge in [-0.3, -0.25) is 9.52 Å². The van der Waals surface area contributed by atoms with Gasteiger partial charge in [-0.15, -0.1) is 0 Å². The Kier molecular flexibility index (Phi) is 4.56. The maximum absolute atomic E-state index is 12.3. The molecule has 0 aliphatic rings. The summed E-state index contributed by atoms with van der Waals surface area (Å²) >= 11 is 11.7. The summed E-state index contributed by atoms with van der Waals surface area (Å²) in [6, 6.07) is 10.4. The zero-order chi connectivity index (χ0) is 15.6. The van der Waals surface area contributed by atoms with Crippen molar-refractivity contribution in [3.8, 4) is 0 Å². The second-order valence-electron chi connectivity index (χ2n) is 4.32. The first-order valence-electron chi connectivity index (χ1n) is 5.88. The molecule has 0 spiro atoms. The highest BCUT2D eigenvalue weighted by Gasteiger charge is 2.18. The van der Waals surface area contributed by atoms with Crippen LogP contribution >= 0.6 is 23.2 Å². The quantitative estimate of drug-likeness (QED) is 0.853. The Morgan fingerprint density at radius 3 is 2.48 bits per heavy atom. The van der Waals surface area contributed by atoms with E-state index in [1.54, 1.807) is 18.2 Å². The Morgan fingerprint density at radius 1 is 1.10 bits per heavy atom. The Hall–Kier alpha value is -1.56. The van der Waals surface area contributed by atoms with Gasteiger partial charge in [0.25, 0.3) is 10.0 Å². The number of nitrogens with one attached hydrogen (secondary N) is 1. The lowest BCUT2D eigenvalue weighted by molar-refractivity contribution is 0.101. The summed E-state index contributed by atoms with van der Waals surface area (Å²) in [6.07, 6.45) is 0. The highest BCUT2D eigenvalue weighted by Crippen LogP contribution is 2.27. The van der Waals surface area contributed by atoms with Gasteiger partial charge in [0.15, 0.2) is 5.78 Å². The molecule has 1 N–H and O–H groups in total. The van der Waals surface area contributed by atoms with Crippen LogP contribution in [0, 0.1) is 0 Å². The van der Waals surface area contributed by atoms with Crippen LogP contribution in [0.15, 0.2) is 47.4 Å². The molecule has 2 rings (SSSR count). The molecule has 21 heavy (non-hydrogen) atoms. The highest BCUT2D eigenvalue weighted by atomic mass is 35.5. The molecular formula is C14H11Cl2NO3S. The lowest BCUT2D eigenvalue weighted by Gasteiger charge is -2.10. The molecule has 0 aliphatic carbocycles. The Morgan fingerprint density at radius 2 is 1.81 bits per heavy atom. The summed E-state index contributed by atoms with van der Waals surface area (Å²) in [5.41, 5.74) is 0.686. The second-order valence-corrected chi connectivity index (χ2v) is 6.81. The number of rotatable bonds is 4. The third-order valence-corrected chi connectivity index (χ3v) is 4.80. The number of sulfonamides is 1. The molecule has 7 heteroatoms. The Balaban J connectivity index is 2.40. The van der Waals surface area contributed by atoms with Crippen molar-refractivity contribution in [3.05, 3.63) is 58.1 Å². The molecule has 0 fully saturated rings. The monoisotopic (exact) mass is 343 g/mol. The van der Waals surface area contributed by atoms with Crippen molar-refractivity contribution in [2.75, 3.05) is 4.72 Å². The van der Waals surface area contributed by atoms with Gasteiger partial charge in [0.2, 0.25) is 0 Å². The molecule has 0 unspecified atom stereocenters. The van der Waals surface area contributed by atoms with Crippen molar-refractivity contribution >= 4 is 44.7 Å². The summed E-state index contributed by atoms with van der Waals surface area (Å²) < 4.78 is 27.0. The van der Waals surface area contributed by atoms with Crippen molar-refractivity contribution < 1.29 is 13.2 Å². The molecule has 0 aromatic heterocycles. The number of carbonyl (C=O) groups is 1. The van der Waals surface area contributed by atoms with E-state index in [0.717, 1.165) is 0 Å². The first-order chi connectivity index (χ1) is 9.79. The standard InChI is InChI=1S/C14H11Cl2NO3S/c1-9(18)10-3-2-4-12(7-10)17-21(19,20)14-8-11(15)5-6-13(14)16/h2-8,17H,1H3. The predicted molar refractivity (Wildman–Crippen MR) is 83.7 cm³/mol. The van der Waals surface area contributed by atoms with Crippen LogP contribution in [0.2, 0.25) is 10.0 Å². The van der Waals surface area contributed by atoms with Gasteiger partial charge in [0.1, 0.15) is 4.90 Å². The molecular weight excluding hydrogens is 333 g/mol. The minimum Gasteiger partial charge on any atom is -0.295 e. The fraction of sp³-hybridized carbons (Fsp3) is 0.0714. The van der Waals surface area contributed by atoms with Crippen LogP contribution in [-0.4, -0.2) is 14.2 Å².